The van der Waals surface area contributed by atoms with Crippen LogP contribution in [0.1, 0.15) is 103 Å². The van der Waals surface area contributed by atoms with Crippen molar-refractivity contribution in [3.8, 4) is 28.0 Å². The number of hydrogen-bond donors (Lipinski definition) is 0. The van der Waals surface area contributed by atoms with Crippen LogP contribution < -0.4 is 4.74 Å². The summed E-state index contributed by atoms with van der Waals surface area (Å²) in [6, 6.07) is 20.6. The van der Waals surface area contributed by atoms with Crippen molar-refractivity contribution in [2.75, 3.05) is 21.3 Å². The van der Waals surface area contributed by atoms with Crippen LogP contribution in [-0.2, 0) is 9.47 Å². The first-order valence-corrected chi connectivity index (χ1v) is 17.5. The summed E-state index contributed by atoms with van der Waals surface area (Å²) in [7, 11) is 4.30. The fourth-order valence-corrected chi connectivity index (χ4v) is 7.64. The molecule has 2 aliphatic rings. The Kier molecular flexibility index (Phi) is 11.2. The number of allylic oxidation sites excluding steroid dienone is 2. The third kappa shape index (κ3) is 7.93. The van der Waals surface area contributed by atoms with Gasteiger partial charge in [-0.3, -0.25) is 0 Å². The lowest BCUT2D eigenvalue weighted by Crippen LogP contribution is -2.17. The summed E-state index contributed by atoms with van der Waals surface area (Å²) in [6.07, 6.45) is 7.50. The van der Waals surface area contributed by atoms with Crippen molar-refractivity contribution in [3.63, 3.8) is 0 Å². The molecule has 0 aliphatic heterocycles. The minimum Gasteiger partial charge on any atom is -0.497 e. The van der Waals surface area contributed by atoms with Gasteiger partial charge in [-0.05, 0) is 132 Å². The van der Waals surface area contributed by atoms with Crippen LogP contribution in [0.5, 0.6) is 5.75 Å². The number of rotatable bonds is 7. The number of carbonyl (C=O) groups is 2. The van der Waals surface area contributed by atoms with E-state index in [9.17, 15) is 18.4 Å². The molecule has 0 aromatic heterocycles. The van der Waals surface area contributed by atoms with E-state index in [1.165, 1.54) is 26.4 Å². The molecule has 0 radical (unpaired) electrons. The van der Waals surface area contributed by atoms with Crippen molar-refractivity contribution < 1.29 is 32.6 Å². The molecular weight excluding hydrogens is 646 g/mol. The molecule has 0 N–H and O–H groups in total. The van der Waals surface area contributed by atoms with Crippen LogP contribution >= 0.6 is 0 Å². The molecule has 1 unspecified atom stereocenters. The maximum Gasteiger partial charge on any atom is 0.337 e. The van der Waals surface area contributed by atoms with Crippen molar-refractivity contribution in [3.05, 3.63) is 118 Å². The standard InChI is InChI=1S/C22H23FO3.C22H25FO2/c1-22(2)11-5-6-19(22)17-12-14(21(24)26-4)7-9-16(17)18-13-15(25-3)8-10-20(18)23;1-14-7-10-20(23)18(12-14)16-9-8-15(21(24)25-4)13-17(16)19-6-5-11-22(19,2)3/h6-10,12-13H,5,11H2,1-4H3;7-10,12-13,19H,5-6,11H2,1-4H3. The molecule has 4 aromatic carbocycles. The fraction of sp³-hybridized carbons (Fsp3) is 0.364. The lowest BCUT2D eigenvalue weighted by atomic mass is 9.75. The van der Waals surface area contributed by atoms with E-state index in [0.717, 1.165) is 65.5 Å². The number of aryl methyl sites for hydroxylation is 1. The molecular formula is C44H48F2O5. The number of carbonyl (C=O) groups excluding carboxylic acids is 2. The van der Waals surface area contributed by atoms with Crippen molar-refractivity contribution in [1.82, 2.24) is 0 Å². The molecule has 0 spiro atoms. The molecule has 268 valence electrons. The Labute approximate surface area is 300 Å². The van der Waals surface area contributed by atoms with E-state index < -0.39 is 5.97 Å². The zero-order chi connectivity index (χ0) is 37.1. The first-order chi connectivity index (χ1) is 24.2. The van der Waals surface area contributed by atoms with Crippen molar-refractivity contribution in [1.29, 1.82) is 0 Å². The van der Waals surface area contributed by atoms with Gasteiger partial charge in [0.15, 0.2) is 0 Å². The van der Waals surface area contributed by atoms with Gasteiger partial charge in [0.2, 0.25) is 0 Å². The quantitative estimate of drug-likeness (QED) is 0.180. The van der Waals surface area contributed by atoms with Crippen LogP contribution in [0.25, 0.3) is 27.8 Å². The molecule has 4 aromatic rings. The van der Waals surface area contributed by atoms with Crippen molar-refractivity contribution in [2.45, 2.75) is 72.6 Å². The van der Waals surface area contributed by atoms with Crippen molar-refractivity contribution >= 4 is 17.5 Å². The Morgan fingerprint density at radius 1 is 0.686 bits per heavy atom. The number of benzene rings is 4. The van der Waals surface area contributed by atoms with E-state index in [4.69, 9.17) is 14.2 Å². The normalized spacial score (nSPS) is 17.2. The van der Waals surface area contributed by atoms with Crippen molar-refractivity contribution in [2.24, 2.45) is 10.8 Å². The van der Waals surface area contributed by atoms with E-state index in [1.807, 2.05) is 25.1 Å². The molecule has 6 rings (SSSR count). The Balaban J connectivity index is 0.000000198. The molecule has 0 bridgehead atoms. The Hall–Kier alpha value is -4.78. The molecule has 0 saturated heterocycles. The van der Waals surface area contributed by atoms with Gasteiger partial charge < -0.3 is 14.2 Å². The number of halogens is 2. The molecule has 2 aliphatic carbocycles. The average Bonchev–Trinajstić information content (AvgIpc) is 3.67. The predicted molar refractivity (Wildman–Crippen MR) is 199 cm³/mol. The second-order valence-electron chi connectivity index (χ2n) is 14.8. The summed E-state index contributed by atoms with van der Waals surface area (Å²) in [6.45, 7) is 10.8. The minimum atomic E-state index is -0.402. The number of methoxy groups -OCH3 is 3. The summed E-state index contributed by atoms with van der Waals surface area (Å²) in [4.78, 5) is 24.0. The summed E-state index contributed by atoms with van der Waals surface area (Å²) >= 11 is 0. The minimum absolute atomic E-state index is 0.0428. The highest BCUT2D eigenvalue weighted by atomic mass is 19.1. The third-order valence-corrected chi connectivity index (χ3v) is 10.6. The van der Waals surface area contributed by atoms with Crippen LogP contribution in [0.2, 0.25) is 0 Å². The monoisotopic (exact) mass is 694 g/mol. The highest BCUT2D eigenvalue weighted by Crippen LogP contribution is 2.51. The van der Waals surface area contributed by atoms with E-state index in [-0.39, 0.29) is 28.4 Å². The van der Waals surface area contributed by atoms with E-state index in [2.05, 4.69) is 33.8 Å². The molecule has 51 heavy (non-hydrogen) atoms. The fourth-order valence-electron chi connectivity index (χ4n) is 7.64. The van der Waals surface area contributed by atoms with Gasteiger partial charge in [-0.15, -0.1) is 0 Å². The Bertz CT molecular complexity index is 1970. The zero-order valence-corrected chi connectivity index (χ0v) is 30.9. The van der Waals surface area contributed by atoms with Gasteiger partial charge >= 0.3 is 11.9 Å². The maximum absolute atomic E-state index is 14.6. The topological polar surface area (TPSA) is 61.8 Å². The molecule has 0 heterocycles. The van der Waals surface area contributed by atoms with Gasteiger partial charge in [-0.1, -0.05) is 64.0 Å². The van der Waals surface area contributed by atoms with Crippen LogP contribution in [0.3, 0.4) is 0 Å². The van der Waals surface area contributed by atoms with Crippen LogP contribution in [0.15, 0.2) is 78.9 Å². The Morgan fingerprint density at radius 3 is 1.86 bits per heavy atom. The van der Waals surface area contributed by atoms with E-state index in [1.54, 1.807) is 49.6 Å². The second-order valence-corrected chi connectivity index (χ2v) is 14.8. The summed E-state index contributed by atoms with van der Waals surface area (Å²) < 4.78 is 44.2. The molecule has 7 heteroatoms. The zero-order valence-electron chi connectivity index (χ0n) is 30.9. The second kappa shape index (κ2) is 15.2. The van der Waals surface area contributed by atoms with Gasteiger partial charge in [0, 0.05) is 11.1 Å². The van der Waals surface area contributed by atoms with Gasteiger partial charge in [0.1, 0.15) is 17.4 Å². The first kappa shape index (κ1) is 37.5. The van der Waals surface area contributed by atoms with E-state index >= 15 is 0 Å². The van der Waals surface area contributed by atoms with E-state index in [0.29, 0.717) is 33.9 Å². The molecule has 1 fully saturated rings. The number of ether oxygens (including phenoxy) is 3. The highest BCUT2D eigenvalue weighted by Gasteiger charge is 2.37. The van der Waals surface area contributed by atoms with Crippen LogP contribution in [-0.4, -0.2) is 33.3 Å². The number of hydrogen-bond acceptors (Lipinski definition) is 5. The SMILES string of the molecule is COC(=O)c1ccc(-c2cc(C)ccc2F)c(C2CCCC2(C)C)c1.COC(=O)c1ccc(-c2cc(OC)ccc2F)c(C2=CCCC2(C)C)c1. The number of esters is 2. The summed E-state index contributed by atoms with van der Waals surface area (Å²) in [5.41, 5.74) is 7.82. The smallest absolute Gasteiger partial charge is 0.337 e. The predicted octanol–water partition coefficient (Wildman–Crippen LogP) is 11.4. The first-order valence-electron chi connectivity index (χ1n) is 17.5. The molecule has 0 amide bonds. The highest BCUT2D eigenvalue weighted by molar-refractivity contribution is 5.94. The lowest BCUT2D eigenvalue weighted by molar-refractivity contribution is 0.0591. The summed E-state index contributed by atoms with van der Waals surface area (Å²) in [5.74, 6) is -0.424. The largest absolute Gasteiger partial charge is 0.497 e. The van der Waals surface area contributed by atoms with Gasteiger partial charge in [-0.2, -0.15) is 0 Å². The van der Waals surface area contributed by atoms with Crippen LogP contribution in [0.4, 0.5) is 8.78 Å². The Morgan fingerprint density at radius 2 is 1.29 bits per heavy atom. The van der Waals surface area contributed by atoms with Gasteiger partial charge in [-0.25, -0.2) is 18.4 Å². The van der Waals surface area contributed by atoms with Gasteiger partial charge in [0.25, 0.3) is 0 Å². The molecule has 1 atom stereocenters. The third-order valence-electron chi connectivity index (χ3n) is 10.6. The molecule has 1 saturated carbocycles. The lowest BCUT2D eigenvalue weighted by Gasteiger charge is -2.29. The maximum atomic E-state index is 14.6. The van der Waals surface area contributed by atoms with Gasteiger partial charge in [0.05, 0.1) is 32.5 Å². The summed E-state index contributed by atoms with van der Waals surface area (Å²) in [5, 5.41) is 0. The molecule has 5 nitrogen and oxygen atoms in total. The average molecular weight is 695 g/mol. The van der Waals surface area contributed by atoms with Crippen LogP contribution in [0, 0.1) is 29.4 Å².